The number of halogens is 1. The molecule has 3 heterocycles. The zero-order valence-electron chi connectivity index (χ0n) is 17.4. The molecule has 0 bridgehead atoms. The fraction of sp³-hybridized carbons (Fsp3) is 0.368. The van der Waals surface area contributed by atoms with Crippen LogP contribution in [0.5, 0.6) is 5.75 Å². The summed E-state index contributed by atoms with van der Waals surface area (Å²) in [5.41, 5.74) is 0.454. The van der Waals surface area contributed by atoms with Crippen molar-refractivity contribution in [1.82, 2.24) is 25.4 Å². The Hall–Kier alpha value is -3.45. The Morgan fingerprint density at radius 3 is 2.84 bits per heavy atom. The van der Waals surface area contributed by atoms with E-state index in [2.05, 4.69) is 36.0 Å². The number of carbonyl (C=O) groups is 1. The Labute approximate surface area is 187 Å². The fourth-order valence-electron chi connectivity index (χ4n) is 3.36. The van der Waals surface area contributed by atoms with E-state index in [1.54, 1.807) is 6.20 Å². The maximum absolute atomic E-state index is 13.7. The number of nitrogens with zero attached hydrogens (tertiary/aromatic N) is 6. The number of hydrogen-bond acceptors (Lipinski definition) is 11. The van der Waals surface area contributed by atoms with Gasteiger partial charge in [-0.1, -0.05) is 17.4 Å². The van der Waals surface area contributed by atoms with Crippen molar-refractivity contribution in [3.63, 3.8) is 0 Å². The summed E-state index contributed by atoms with van der Waals surface area (Å²) in [6.45, 7) is 1.49. The molecule has 0 saturated carbocycles. The lowest BCUT2D eigenvalue weighted by atomic mass is 10.1. The van der Waals surface area contributed by atoms with E-state index in [1.807, 2.05) is 4.90 Å². The maximum Gasteiger partial charge on any atom is 0.259 e. The Kier molecular flexibility index (Phi) is 6.66. The molecule has 0 radical (unpaired) electrons. The number of amides is 1. The first kappa shape index (κ1) is 21.8. The van der Waals surface area contributed by atoms with Crippen LogP contribution in [-0.2, 0) is 9.53 Å². The first-order valence-corrected chi connectivity index (χ1v) is 10.5. The first-order valence-electron chi connectivity index (χ1n) is 9.73. The second-order valence-electron chi connectivity index (χ2n) is 6.93. The molecule has 11 nitrogen and oxygen atoms in total. The van der Waals surface area contributed by atoms with Crippen LogP contribution in [0, 0.1) is 5.82 Å². The van der Waals surface area contributed by atoms with Crippen molar-refractivity contribution in [2.24, 2.45) is 0 Å². The summed E-state index contributed by atoms with van der Waals surface area (Å²) < 4.78 is 24.0. The maximum atomic E-state index is 13.7. The highest BCUT2D eigenvalue weighted by molar-refractivity contribution is 7.19. The summed E-state index contributed by atoms with van der Waals surface area (Å²) in [6, 6.07) is 4.25. The predicted molar refractivity (Wildman–Crippen MR) is 115 cm³/mol. The van der Waals surface area contributed by atoms with Gasteiger partial charge in [-0.05, 0) is 24.1 Å². The van der Waals surface area contributed by atoms with Gasteiger partial charge in [-0.25, -0.2) is 9.37 Å². The minimum Gasteiger partial charge on any atom is -0.494 e. The number of hydrogen-bond donors (Lipinski definition) is 2. The molecule has 1 fully saturated rings. The standard InChI is InChI=1S/C19H21FN8O3S/c1-30-14-9-11(3-4-13(14)20)15(31-2)16(29)24-19-27-26-18(32-19)23-12-5-8-28(10-12)17-21-6-7-22-25-17/h3-4,6-7,9,12,15H,5,8,10H2,1-2H3,(H,23,26)(H,24,27,29)/t12-,15?/m1/s1. The molecular weight excluding hydrogens is 439 g/mol. The van der Waals surface area contributed by atoms with Crippen molar-refractivity contribution in [2.75, 3.05) is 42.8 Å². The van der Waals surface area contributed by atoms with Crippen molar-refractivity contribution < 1.29 is 18.7 Å². The van der Waals surface area contributed by atoms with Gasteiger partial charge in [0.15, 0.2) is 17.7 Å². The number of aromatic nitrogens is 5. The van der Waals surface area contributed by atoms with Crippen molar-refractivity contribution in [1.29, 1.82) is 0 Å². The van der Waals surface area contributed by atoms with E-state index < -0.39 is 17.8 Å². The van der Waals surface area contributed by atoms with Crippen LogP contribution in [-0.4, -0.2) is 64.6 Å². The number of ether oxygens (including phenoxy) is 2. The number of methoxy groups -OCH3 is 2. The molecule has 168 valence electrons. The van der Waals surface area contributed by atoms with Crippen LogP contribution in [0.15, 0.2) is 30.6 Å². The van der Waals surface area contributed by atoms with Gasteiger partial charge in [0, 0.05) is 26.2 Å². The third kappa shape index (κ3) is 4.89. The highest BCUT2D eigenvalue weighted by Gasteiger charge is 2.26. The van der Waals surface area contributed by atoms with Gasteiger partial charge in [-0.15, -0.1) is 15.3 Å². The summed E-state index contributed by atoms with van der Waals surface area (Å²) in [5, 5.41) is 22.9. The number of rotatable bonds is 8. The van der Waals surface area contributed by atoms with Gasteiger partial charge < -0.3 is 19.7 Å². The molecule has 3 aromatic rings. The van der Waals surface area contributed by atoms with Crippen LogP contribution in [0.25, 0.3) is 0 Å². The molecule has 1 saturated heterocycles. The Balaban J connectivity index is 1.36. The van der Waals surface area contributed by atoms with Crippen LogP contribution >= 0.6 is 11.3 Å². The predicted octanol–water partition coefficient (Wildman–Crippen LogP) is 1.89. The van der Waals surface area contributed by atoms with Crippen LogP contribution in [0.3, 0.4) is 0 Å². The van der Waals surface area contributed by atoms with Crippen LogP contribution in [0.4, 0.5) is 20.6 Å². The van der Waals surface area contributed by atoms with E-state index in [0.29, 0.717) is 28.3 Å². The SMILES string of the molecule is COc1cc(C(OC)C(=O)Nc2nnc(N[C@@H]3CCN(c4nccnn4)C3)s2)ccc1F. The molecule has 2 N–H and O–H groups in total. The quantitative estimate of drug-likeness (QED) is 0.514. The minimum atomic E-state index is -0.965. The molecule has 1 unspecified atom stereocenters. The summed E-state index contributed by atoms with van der Waals surface area (Å²) in [4.78, 5) is 19.0. The molecule has 1 aliphatic rings. The highest BCUT2D eigenvalue weighted by Crippen LogP contribution is 2.28. The fourth-order valence-corrected chi connectivity index (χ4v) is 4.08. The van der Waals surface area contributed by atoms with Crippen molar-refractivity contribution in [2.45, 2.75) is 18.6 Å². The third-order valence-corrected chi connectivity index (χ3v) is 5.65. The second kappa shape index (κ2) is 9.78. The van der Waals surface area contributed by atoms with Crippen molar-refractivity contribution in [3.8, 4) is 5.75 Å². The van der Waals surface area contributed by atoms with Crippen LogP contribution < -0.4 is 20.3 Å². The summed E-state index contributed by atoms with van der Waals surface area (Å²) in [7, 11) is 2.75. The third-order valence-electron chi connectivity index (χ3n) is 4.88. The molecule has 0 aliphatic carbocycles. The molecule has 32 heavy (non-hydrogen) atoms. The lowest BCUT2D eigenvalue weighted by molar-refractivity contribution is -0.126. The van der Waals surface area contributed by atoms with E-state index in [9.17, 15) is 9.18 Å². The summed E-state index contributed by atoms with van der Waals surface area (Å²) in [6.07, 6.45) is 3.05. The van der Waals surface area contributed by atoms with Crippen LogP contribution in [0.2, 0.25) is 0 Å². The molecule has 1 aromatic carbocycles. The zero-order chi connectivity index (χ0) is 22.5. The Bertz CT molecular complexity index is 1070. The Morgan fingerprint density at radius 1 is 1.25 bits per heavy atom. The molecule has 2 atom stereocenters. The van der Waals surface area contributed by atoms with E-state index in [0.717, 1.165) is 13.0 Å². The average Bonchev–Trinajstić information content (AvgIpc) is 3.46. The van der Waals surface area contributed by atoms with Gasteiger partial charge in [0.05, 0.1) is 19.5 Å². The first-order chi connectivity index (χ1) is 15.6. The molecule has 1 aliphatic heterocycles. The highest BCUT2D eigenvalue weighted by atomic mass is 32.1. The number of nitrogens with one attached hydrogen (secondary N) is 2. The van der Waals surface area contributed by atoms with Gasteiger partial charge in [-0.2, -0.15) is 5.10 Å². The van der Waals surface area contributed by atoms with Gasteiger partial charge in [0.1, 0.15) is 0 Å². The normalized spacial score (nSPS) is 16.6. The summed E-state index contributed by atoms with van der Waals surface area (Å²) in [5.74, 6) is -0.358. The van der Waals surface area contributed by atoms with E-state index in [1.165, 1.54) is 50.0 Å². The Morgan fingerprint density at radius 2 is 2.09 bits per heavy atom. The lowest BCUT2D eigenvalue weighted by Gasteiger charge is -2.15. The number of benzene rings is 1. The number of anilines is 3. The van der Waals surface area contributed by atoms with Gasteiger partial charge in [-0.3, -0.25) is 10.1 Å². The van der Waals surface area contributed by atoms with Gasteiger partial charge >= 0.3 is 0 Å². The molecule has 0 spiro atoms. The molecular formula is C19H21FN8O3S. The molecule has 4 rings (SSSR count). The zero-order valence-corrected chi connectivity index (χ0v) is 18.2. The van der Waals surface area contributed by atoms with Gasteiger partial charge in [0.25, 0.3) is 5.91 Å². The second-order valence-corrected chi connectivity index (χ2v) is 7.91. The smallest absolute Gasteiger partial charge is 0.259 e. The van der Waals surface area contributed by atoms with E-state index in [-0.39, 0.29) is 11.8 Å². The van der Waals surface area contributed by atoms with E-state index in [4.69, 9.17) is 9.47 Å². The topological polar surface area (TPSA) is 127 Å². The molecule has 13 heteroatoms. The molecule has 2 aromatic heterocycles. The lowest BCUT2D eigenvalue weighted by Crippen LogP contribution is -2.27. The van der Waals surface area contributed by atoms with Crippen molar-refractivity contribution in [3.05, 3.63) is 42.0 Å². The number of carbonyl (C=O) groups excluding carboxylic acids is 1. The van der Waals surface area contributed by atoms with Gasteiger partial charge in [0.2, 0.25) is 16.2 Å². The molecule has 1 amide bonds. The summed E-state index contributed by atoms with van der Waals surface area (Å²) >= 11 is 1.21. The largest absolute Gasteiger partial charge is 0.494 e. The average molecular weight is 460 g/mol. The van der Waals surface area contributed by atoms with Crippen LogP contribution in [0.1, 0.15) is 18.1 Å². The van der Waals surface area contributed by atoms with Crippen molar-refractivity contribution >= 4 is 33.5 Å². The minimum absolute atomic E-state index is 0.0297. The van der Waals surface area contributed by atoms with E-state index >= 15 is 0 Å². The monoisotopic (exact) mass is 460 g/mol.